The zero-order chi connectivity index (χ0) is 13.8. The molecule has 1 atom stereocenters. The number of hydrogen-bond donors (Lipinski definition) is 1. The number of hydrogen-bond acceptors (Lipinski definition) is 2. The van der Waals surface area contributed by atoms with Gasteiger partial charge in [0.05, 0.1) is 6.54 Å². The fraction of sp³-hybridized carbons (Fsp3) is 0.556. The minimum absolute atomic E-state index is 0.559. The van der Waals surface area contributed by atoms with Gasteiger partial charge in [-0.2, -0.15) is 0 Å². The van der Waals surface area contributed by atoms with E-state index in [-0.39, 0.29) is 0 Å². The summed E-state index contributed by atoms with van der Waals surface area (Å²) in [7, 11) is 0. The Hall–Kier alpha value is -1.30. The molecule has 1 unspecified atom stereocenters. The highest BCUT2D eigenvalue weighted by Crippen LogP contribution is 2.30. The van der Waals surface area contributed by atoms with E-state index in [0.717, 1.165) is 19.6 Å². The maximum Gasteiger partial charge on any atom is 0.0598 e. The Kier molecular flexibility index (Phi) is 4.40. The Bertz CT molecular complexity index is 480. The first-order valence-electron chi connectivity index (χ1n) is 7.86. The first-order chi connectivity index (χ1) is 9.86. The first-order valence-corrected chi connectivity index (χ1v) is 7.86. The van der Waals surface area contributed by atoms with E-state index in [0.29, 0.717) is 12.1 Å². The molecule has 2 aliphatic rings. The SMILES string of the molecule is C#CCN1CCC(NC2CCCc3ccccc32)CC1. The molecule has 3 rings (SSSR count). The monoisotopic (exact) mass is 268 g/mol. The van der Waals surface area contributed by atoms with Gasteiger partial charge in [-0.05, 0) is 43.2 Å². The van der Waals surface area contributed by atoms with Gasteiger partial charge in [0.1, 0.15) is 0 Å². The average Bonchev–Trinajstić information content (AvgIpc) is 2.50. The summed E-state index contributed by atoms with van der Waals surface area (Å²) in [5, 5.41) is 3.90. The fourth-order valence-corrected chi connectivity index (χ4v) is 3.60. The van der Waals surface area contributed by atoms with Crippen LogP contribution in [-0.2, 0) is 6.42 Å². The summed E-state index contributed by atoms with van der Waals surface area (Å²) in [5.41, 5.74) is 3.07. The van der Waals surface area contributed by atoms with Gasteiger partial charge >= 0.3 is 0 Å². The van der Waals surface area contributed by atoms with Crippen LogP contribution < -0.4 is 5.32 Å². The lowest BCUT2D eigenvalue weighted by atomic mass is 9.87. The number of aryl methyl sites for hydroxylation is 1. The molecule has 20 heavy (non-hydrogen) atoms. The Balaban J connectivity index is 1.59. The maximum atomic E-state index is 5.39. The van der Waals surface area contributed by atoms with Crippen LogP contribution in [0.2, 0.25) is 0 Å². The minimum atomic E-state index is 0.559. The Labute approximate surface area is 122 Å². The van der Waals surface area contributed by atoms with Crippen molar-refractivity contribution in [1.29, 1.82) is 0 Å². The van der Waals surface area contributed by atoms with Crippen LogP contribution in [0.15, 0.2) is 24.3 Å². The number of rotatable bonds is 3. The molecule has 0 bridgehead atoms. The highest BCUT2D eigenvalue weighted by atomic mass is 15.1. The van der Waals surface area contributed by atoms with Crippen molar-refractivity contribution in [2.24, 2.45) is 0 Å². The normalized spacial score (nSPS) is 24.1. The summed E-state index contributed by atoms with van der Waals surface area (Å²) in [4.78, 5) is 2.38. The molecule has 1 aliphatic heterocycles. The van der Waals surface area contributed by atoms with E-state index in [1.54, 1.807) is 5.56 Å². The molecule has 1 N–H and O–H groups in total. The average molecular weight is 268 g/mol. The molecule has 1 heterocycles. The van der Waals surface area contributed by atoms with Crippen molar-refractivity contribution in [2.45, 2.75) is 44.2 Å². The Morgan fingerprint density at radius 3 is 2.80 bits per heavy atom. The number of nitrogens with one attached hydrogen (secondary N) is 1. The van der Waals surface area contributed by atoms with E-state index in [1.807, 2.05) is 0 Å². The highest BCUT2D eigenvalue weighted by Gasteiger charge is 2.24. The number of likely N-dealkylation sites (tertiary alicyclic amines) is 1. The summed E-state index contributed by atoms with van der Waals surface area (Å²) in [6.45, 7) is 3.07. The van der Waals surface area contributed by atoms with Gasteiger partial charge in [0.15, 0.2) is 0 Å². The van der Waals surface area contributed by atoms with Gasteiger partial charge in [0.2, 0.25) is 0 Å². The van der Waals surface area contributed by atoms with E-state index >= 15 is 0 Å². The number of fused-ring (bicyclic) bond motifs is 1. The summed E-state index contributed by atoms with van der Waals surface area (Å²) < 4.78 is 0. The van der Waals surface area contributed by atoms with Crippen molar-refractivity contribution in [1.82, 2.24) is 10.2 Å². The topological polar surface area (TPSA) is 15.3 Å². The van der Waals surface area contributed by atoms with Crippen molar-refractivity contribution in [2.75, 3.05) is 19.6 Å². The zero-order valence-electron chi connectivity index (χ0n) is 12.1. The molecule has 1 fully saturated rings. The molecule has 1 aliphatic carbocycles. The number of terminal acetylenes is 1. The number of piperidine rings is 1. The number of benzene rings is 1. The van der Waals surface area contributed by atoms with Crippen LogP contribution in [0.4, 0.5) is 0 Å². The Morgan fingerprint density at radius 2 is 2.00 bits per heavy atom. The fourth-order valence-electron chi connectivity index (χ4n) is 3.60. The molecule has 1 aromatic rings. The molecule has 2 nitrogen and oxygen atoms in total. The van der Waals surface area contributed by atoms with Gasteiger partial charge in [-0.15, -0.1) is 6.42 Å². The van der Waals surface area contributed by atoms with Crippen LogP contribution in [0.1, 0.15) is 42.9 Å². The van der Waals surface area contributed by atoms with Gasteiger partial charge in [-0.1, -0.05) is 30.2 Å². The summed E-state index contributed by atoms with van der Waals surface area (Å²) >= 11 is 0. The van der Waals surface area contributed by atoms with E-state index in [9.17, 15) is 0 Å². The summed E-state index contributed by atoms with van der Waals surface area (Å²) in [6.07, 6.45) is 11.7. The number of nitrogens with zero attached hydrogens (tertiary/aromatic N) is 1. The second-order valence-corrected chi connectivity index (χ2v) is 6.06. The summed E-state index contributed by atoms with van der Waals surface area (Å²) in [6, 6.07) is 10.1. The van der Waals surface area contributed by atoms with Crippen molar-refractivity contribution < 1.29 is 0 Å². The van der Waals surface area contributed by atoms with Crippen molar-refractivity contribution in [3.05, 3.63) is 35.4 Å². The molecular weight excluding hydrogens is 244 g/mol. The van der Waals surface area contributed by atoms with E-state index in [2.05, 4.69) is 40.4 Å². The van der Waals surface area contributed by atoms with Gasteiger partial charge in [0.25, 0.3) is 0 Å². The third-order valence-corrected chi connectivity index (χ3v) is 4.71. The quantitative estimate of drug-likeness (QED) is 0.848. The molecule has 2 heteroatoms. The van der Waals surface area contributed by atoms with Crippen LogP contribution in [0, 0.1) is 12.3 Å². The van der Waals surface area contributed by atoms with Crippen LogP contribution in [0.3, 0.4) is 0 Å². The van der Waals surface area contributed by atoms with Crippen LogP contribution in [0.25, 0.3) is 0 Å². The second-order valence-electron chi connectivity index (χ2n) is 6.06. The predicted octanol–water partition coefficient (Wildman–Crippen LogP) is 2.75. The van der Waals surface area contributed by atoms with Gasteiger partial charge in [-0.25, -0.2) is 0 Å². The molecule has 0 aromatic heterocycles. The molecule has 0 saturated carbocycles. The molecule has 0 spiro atoms. The van der Waals surface area contributed by atoms with E-state index in [4.69, 9.17) is 6.42 Å². The smallest absolute Gasteiger partial charge is 0.0598 e. The molecular formula is C18H24N2. The lowest BCUT2D eigenvalue weighted by Crippen LogP contribution is -2.44. The standard InChI is InChI=1S/C18H24N2/c1-2-12-20-13-10-16(11-14-20)19-18-9-5-7-15-6-3-4-8-17(15)18/h1,3-4,6,8,16,18-19H,5,7,9-14H2. The third-order valence-electron chi connectivity index (χ3n) is 4.71. The maximum absolute atomic E-state index is 5.39. The van der Waals surface area contributed by atoms with E-state index in [1.165, 1.54) is 37.7 Å². The van der Waals surface area contributed by atoms with Crippen LogP contribution in [0.5, 0.6) is 0 Å². The molecule has 1 aromatic carbocycles. The van der Waals surface area contributed by atoms with Crippen LogP contribution in [-0.4, -0.2) is 30.6 Å². The van der Waals surface area contributed by atoms with Crippen molar-refractivity contribution in [3.8, 4) is 12.3 Å². The minimum Gasteiger partial charge on any atom is -0.307 e. The first kappa shape index (κ1) is 13.7. The van der Waals surface area contributed by atoms with Crippen molar-refractivity contribution >= 4 is 0 Å². The zero-order valence-corrected chi connectivity index (χ0v) is 12.1. The predicted molar refractivity (Wildman–Crippen MR) is 83.6 cm³/mol. The second kappa shape index (κ2) is 6.43. The van der Waals surface area contributed by atoms with Crippen molar-refractivity contribution in [3.63, 3.8) is 0 Å². The third kappa shape index (κ3) is 3.06. The molecule has 0 radical (unpaired) electrons. The van der Waals surface area contributed by atoms with Gasteiger partial charge < -0.3 is 5.32 Å². The van der Waals surface area contributed by atoms with Gasteiger partial charge in [-0.3, -0.25) is 4.90 Å². The molecule has 106 valence electrons. The van der Waals surface area contributed by atoms with Gasteiger partial charge in [0, 0.05) is 25.2 Å². The Morgan fingerprint density at radius 1 is 1.20 bits per heavy atom. The highest BCUT2D eigenvalue weighted by molar-refractivity contribution is 5.32. The molecule has 1 saturated heterocycles. The molecule has 0 amide bonds. The van der Waals surface area contributed by atoms with Crippen LogP contribution >= 0.6 is 0 Å². The lowest BCUT2D eigenvalue weighted by Gasteiger charge is -2.35. The summed E-state index contributed by atoms with van der Waals surface area (Å²) in [5.74, 6) is 2.75. The largest absolute Gasteiger partial charge is 0.307 e. The lowest BCUT2D eigenvalue weighted by molar-refractivity contribution is 0.206. The van der Waals surface area contributed by atoms with E-state index < -0.39 is 0 Å².